The summed E-state index contributed by atoms with van der Waals surface area (Å²) in [7, 11) is -0.526. The van der Waals surface area contributed by atoms with Crippen molar-refractivity contribution in [1.29, 1.82) is 0 Å². The van der Waals surface area contributed by atoms with E-state index < -0.39 is 9.84 Å². The van der Waals surface area contributed by atoms with Gasteiger partial charge in [-0.1, -0.05) is 0 Å². The SMILES string of the molecule is COc1ccc(N)c(S(=O)(=O)CC(C)OC)c1. The predicted octanol–water partition coefficient (Wildman–Crippen LogP) is 1.09. The number of rotatable bonds is 5. The molecule has 1 atom stereocenters. The third-order valence-corrected chi connectivity index (χ3v) is 4.34. The second-order valence-corrected chi connectivity index (χ2v) is 5.73. The largest absolute Gasteiger partial charge is 0.497 e. The van der Waals surface area contributed by atoms with E-state index in [1.165, 1.54) is 26.4 Å². The van der Waals surface area contributed by atoms with Gasteiger partial charge >= 0.3 is 0 Å². The van der Waals surface area contributed by atoms with Crippen LogP contribution in [0, 0.1) is 0 Å². The van der Waals surface area contributed by atoms with Crippen molar-refractivity contribution in [1.82, 2.24) is 0 Å². The quantitative estimate of drug-likeness (QED) is 0.801. The molecule has 5 nitrogen and oxygen atoms in total. The monoisotopic (exact) mass is 259 g/mol. The molecule has 0 fully saturated rings. The maximum atomic E-state index is 12.1. The lowest BCUT2D eigenvalue weighted by Gasteiger charge is -2.12. The Balaban J connectivity index is 3.14. The van der Waals surface area contributed by atoms with Crippen LogP contribution < -0.4 is 10.5 Å². The van der Waals surface area contributed by atoms with Crippen LogP contribution in [-0.2, 0) is 14.6 Å². The Morgan fingerprint density at radius 2 is 2.00 bits per heavy atom. The predicted molar refractivity (Wildman–Crippen MR) is 65.9 cm³/mol. The molecule has 17 heavy (non-hydrogen) atoms. The van der Waals surface area contributed by atoms with Gasteiger partial charge in [-0.15, -0.1) is 0 Å². The number of hydrogen-bond donors (Lipinski definition) is 1. The van der Waals surface area contributed by atoms with Crippen molar-refractivity contribution in [3.05, 3.63) is 18.2 Å². The summed E-state index contributed by atoms with van der Waals surface area (Å²) in [4.78, 5) is 0.0840. The molecular weight excluding hydrogens is 242 g/mol. The van der Waals surface area contributed by atoms with Gasteiger partial charge in [0.2, 0.25) is 0 Å². The molecule has 1 unspecified atom stereocenters. The van der Waals surface area contributed by atoms with Crippen molar-refractivity contribution >= 4 is 15.5 Å². The highest BCUT2D eigenvalue weighted by Crippen LogP contribution is 2.25. The summed E-state index contributed by atoms with van der Waals surface area (Å²) < 4.78 is 34.1. The van der Waals surface area contributed by atoms with Crippen molar-refractivity contribution in [3.63, 3.8) is 0 Å². The van der Waals surface area contributed by atoms with Gasteiger partial charge in [0.15, 0.2) is 9.84 Å². The van der Waals surface area contributed by atoms with Gasteiger partial charge < -0.3 is 15.2 Å². The van der Waals surface area contributed by atoms with Gasteiger partial charge in [-0.2, -0.15) is 0 Å². The molecule has 0 aliphatic heterocycles. The zero-order chi connectivity index (χ0) is 13.1. The van der Waals surface area contributed by atoms with Crippen LogP contribution in [0.5, 0.6) is 5.75 Å². The number of benzene rings is 1. The molecule has 2 N–H and O–H groups in total. The van der Waals surface area contributed by atoms with Gasteiger partial charge in [-0.3, -0.25) is 0 Å². The van der Waals surface area contributed by atoms with E-state index in [-0.39, 0.29) is 22.4 Å². The highest BCUT2D eigenvalue weighted by atomic mass is 32.2. The van der Waals surface area contributed by atoms with Crippen molar-refractivity contribution in [2.75, 3.05) is 25.7 Å². The fraction of sp³-hybridized carbons (Fsp3) is 0.455. The number of nitrogens with two attached hydrogens (primary N) is 1. The molecule has 0 aliphatic rings. The van der Waals surface area contributed by atoms with Crippen LogP contribution in [0.25, 0.3) is 0 Å². The number of nitrogen functional groups attached to an aromatic ring is 1. The molecule has 1 aromatic carbocycles. The van der Waals surface area contributed by atoms with Crippen LogP contribution in [0.2, 0.25) is 0 Å². The van der Waals surface area contributed by atoms with Crippen molar-refractivity contribution < 1.29 is 17.9 Å². The molecule has 1 rings (SSSR count). The molecular formula is C11H17NO4S. The minimum Gasteiger partial charge on any atom is -0.497 e. The lowest BCUT2D eigenvalue weighted by Crippen LogP contribution is -2.20. The first-order valence-electron chi connectivity index (χ1n) is 5.09. The van der Waals surface area contributed by atoms with Crippen LogP contribution in [0.1, 0.15) is 6.92 Å². The summed E-state index contributed by atoms with van der Waals surface area (Å²) in [6, 6.07) is 4.56. The zero-order valence-corrected chi connectivity index (χ0v) is 11.0. The summed E-state index contributed by atoms with van der Waals surface area (Å²) in [6.45, 7) is 1.69. The molecule has 0 spiro atoms. The Hall–Kier alpha value is -1.27. The number of ether oxygens (including phenoxy) is 2. The maximum absolute atomic E-state index is 12.1. The van der Waals surface area contributed by atoms with Gasteiger partial charge in [0, 0.05) is 13.2 Å². The fourth-order valence-electron chi connectivity index (χ4n) is 1.38. The Kier molecular flexibility index (Phi) is 4.36. The zero-order valence-electron chi connectivity index (χ0n) is 10.1. The van der Waals surface area contributed by atoms with E-state index in [4.69, 9.17) is 15.2 Å². The molecule has 0 saturated heterocycles. The van der Waals surface area contributed by atoms with Crippen LogP contribution in [-0.4, -0.2) is 34.5 Å². The number of sulfone groups is 1. The molecule has 0 saturated carbocycles. The van der Waals surface area contributed by atoms with Crippen LogP contribution in [0.4, 0.5) is 5.69 Å². The molecule has 0 aliphatic carbocycles. The molecule has 0 bridgehead atoms. The molecule has 96 valence electrons. The lowest BCUT2D eigenvalue weighted by molar-refractivity contribution is 0.136. The molecule has 0 heterocycles. The van der Waals surface area contributed by atoms with E-state index in [1.54, 1.807) is 13.0 Å². The van der Waals surface area contributed by atoms with Crippen LogP contribution in [0.15, 0.2) is 23.1 Å². The molecule has 0 aromatic heterocycles. The van der Waals surface area contributed by atoms with Gasteiger partial charge in [-0.25, -0.2) is 8.42 Å². The van der Waals surface area contributed by atoms with Crippen molar-refractivity contribution in [2.45, 2.75) is 17.9 Å². The van der Waals surface area contributed by atoms with Crippen LogP contribution in [0.3, 0.4) is 0 Å². The first-order chi connectivity index (χ1) is 7.90. The smallest absolute Gasteiger partial charge is 0.183 e. The van der Waals surface area contributed by atoms with Gasteiger partial charge in [0.05, 0.1) is 29.5 Å². The normalized spacial score (nSPS) is 13.4. The van der Waals surface area contributed by atoms with Crippen LogP contribution >= 0.6 is 0 Å². The lowest BCUT2D eigenvalue weighted by atomic mass is 10.3. The summed E-state index contributed by atoms with van der Waals surface area (Å²) in [6.07, 6.45) is -0.384. The van der Waals surface area contributed by atoms with E-state index >= 15 is 0 Å². The number of anilines is 1. The van der Waals surface area contributed by atoms with Gasteiger partial charge in [0.25, 0.3) is 0 Å². The number of hydrogen-bond acceptors (Lipinski definition) is 5. The highest BCUT2D eigenvalue weighted by Gasteiger charge is 2.21. The standard InChI is InChI=1S/C11H17NO4S/c1-8(15-2)7-17(13,14)11-6-9(16-3)4-5-10(11)12/h4-6,8H,7,12H2,1-3H3. The Morgan fingerprint density at radius 1 is 1.35 bits per heavy atom. The topological polar surface area (TPSA) is 78.6 Å². The van der Waals surface area contributed by atoms with E-state index in [1.807, 2.05) is 0 Å². The molecule has 1 aromatic rings. The van der Waals surface area contributed by atoms with E-state index in [9.17, 15) is 8.42 Å². The second-order valence-electron chi connectivity index (χ2n) is 3.73. The number of methoxy groups -OCH3 is 2. The summed E-state index contributed by atoms with van der Waals surface area (Å²) in [5.41, 5.74) is 5.89. The minimum absolute atomic E-state index is 0.0840. The summed E-state index contributed by atoms with van der Waals surface area (Å²) >= 11 is 0. The average Bonchev–Trinajstić information content (AvgIpc) is 2.28. The summed E-state index contributed by atoms with van der Waals surface area (Å²) in [5, 5.41) is 0. The van der Waals surface area contributed by atoms with Crippen molar-refractivity contribution in [3.8, 4) is 5.75 Å². The van der Waals surface area contributed by atoms with Gasteiger partial charge in [0.1, 0.15) is 5.75 Å². The van der Waals surface area contributed by atoms with E-state index in [0.717, 1.165) is 0 Å². The highest BCUT2D eigenvalue weighted by molar-refractivity contribution is 7.91. The third kappa shape index (κ3) is 3.34. The van der Waals surface area contributed by atoms with E-state index in [0.29, 0.717) is 5.75 Å². The third-order valence-electron chi connectivity index (χ3n) is 2.41. The molecule has 0 amide bonds. The molecule has 0 radical (unpaired) electrons. The van der Waals surface area contributed by atoms with E-state index in [2.05, 4.69) is 0 Å². The maximum Gasteiger partial charge on any atom is 0.183 e. The van der Waals surface area contributed by atoms with Crippen molar-refractivity contribution in [2.24, 2.45) is 0 Å². The molecule has 6 heteroatoms. The first kappa shape index (κ1) is 13.8. The summed E-state index contributed by atoms with van der Waals surface area (Å²) in [5.74, 6) is 0.351. The van der Waals surface area contributed by atoms with Gasteiger partial charge in [-0.05, 0) is 19.1 Å². The Morgan fingerprint density at radius 3 is 2.53 bits per heavy atom. The first-order valence-corrected chi connectivity index (χ1v) is 6.75. The Labute approximate surface area is 101 Å². The minimum atomic E-state index is -3.46. The fourth-order valence-corrected chi connectivity index (χ4v) is 3.03. The second kappa shape index (κ2) is 5.37. The average molecular weight is 259 g/mol. The Bertz CT molecular complexity index is 484.